The minimum absolute atomic E-state index is 0.00971. The maximum absolute atomic E-state index is 15.0. The number of H-pyrrole nitrogens is 1. The van der Waals surface area contributed by atoms with Gasteiger partial charge in [-0.25, -0.2) is 18.2 Å². The summed E-state index contributed by atoms with van der Waals surface area (Å²) in [5.41, 5.74) is 0.719. The Balaban J connectivity index is 1.23. The highest BCUT2D eigenvalue weighted by Gasteiger charge is 2.49. The van der Waals surface area contributed by atoms with Gasteiger partial charge in [-0.15, -0.1) is 0 Å². The van der Waals surface area contributed by atoms with Crippen LogP contribution in [0.1, 0.15) is 32.1 Å². The van der Waals surface area contributed by atoms with Crippen molar-refractivity contribution < 1.29 is 23.0 Å². The molecule has 4 aromatic rings. The van der Waals surface area contributed by atoms with Crippen LogP contribution in [0.15, 0.2) is 24.3 Å². The summed E-state index contributed by atoms with van der Waals surface area (Å²) in [5.74, 6) is -1.26. The highest BCUT2D eigenvalue weighted by molar-refractivity contribution is 5.98. The molecular weight excluding hydrogens is 535 g/mol. The fraction of sp³-hybridized carbons (Fsp3) is 0.483. The molecule has 12 heteroatoms. The quantitative estimate of drug-likeness (QED) is 0.333. The average Bonchev–Trinajstić information content (AvgIpc) is 3.70. The van der Waals surface area contributed by atoms with E-state index < -0.39 is 17.8 Å². The first-order valence-electron chi connectivity index (χ1n) is 14.3. The zero-order valence-electron chi connectivity index (χ0n) is 22.3. The molecule has 8 rings (SSSR count). The smallest absolute Gasteiger partial charge is 0.320 e. The van der Waals surface area contributed by atoms with Crippen LogP contribution in [0.4, 0.5) is 19.0 Å². The second kappa shape index (κ2) is 9.18. The van der Waals surface area contributed by atoms with Gasteiger partial charge in [-0.1, -0.05) is 6.07 Å². The highest BCUT2D eigenvalue weighted by atomic mass is 19.2. The second-order valence-corrected chi connectivity index (χ2v) is 12.0. The van der Waals surface area contributed by atoms with Crippen molar-refractivity contribution in [3.63, 3.8) is 0 Å². The van der Waals surface area contributed by atoms with E-state index in [9.17, 15) is 13.9 Å². The molecule has 4 aliphatic rings. The Morgan fingerprint density at radius 1 is 1.07 bits per heavy atom. The van der Waals surface area contributed by atoms with Crippen molar-refractivity contribution in [1.82, 2.24) is 30.2 Å². The molecule has 41 heavy (non-hydrogen) atoms. The van der Waals surface area contributed by atoms with Gasteiger partial charge in [0, 0.05) is 49.1 Å². The molecule has 9 nitrogen and oxygen atoms in total. The third kappa shape index (κ3) is 4.10. The number of ether oxygens (including phenoxy) is 1. The summed E-state index contributed by atoms with van der Waals surface area (Å²) in [5, 5.41) is 14.4. The monoisotopic (exact) mass is 565 g/mol. The van der Waals surface area contributed by atoms with E-state index in [1.54, 1.807) is 0 Å². The summed E-state index contributed by atoms with van der Waals surface area (Å²) >= 11 is 0. The Hall–Kier alpha value is -3.64. The maximum Gasteiger partial charge on any atom is 0.320 e. The molecule has 0 saturated carbocycles. The number of piperazine rings is 1. The number of alkyl halides is 1. The Labute approximate surface area is 233 Å². The molecule has 4 aliphatic heterocycles. The molecular formula is C29H30F3N7O2. The second-order valence-electron chi connectivity index (χ2n) is 12.0. The van der Waals surface area contributed by atoms with Crippen LogP contribution in [0.5, 0.6) is 11.8 Å². The van der Waals surface area contributed by atoms with E-state index >= 15 is 4.39 Å². The predicted molar refractivity (Wildman–Crippen MR) is 147 cm³/mol. The van der Waals surface area contributed by atoms with E-state index in [1.165, 1.54) is 18.2 Å². The number of hydrogen-bond donors (Lipinski definition) is 3. The molecule has 2 aromatic heterocycles. The number of nitrogens with zero attached hydrogens (tertiary/aromatic N) is 5. The van der Waals surface area contributed by atoms with Crippen molar-refractivity contribution in [2.45, 2.75) is 55.9 Å². The molecule has 4 saturated heterocycles. The number of halogens is 3. The lowest BCUT2D eigenvalue weighted by molar-refractivity contribution is 0.107. The summed E-state index contributed by atoms with van der Waals surface area (Å²) < 4.78 is 49.9. The number of anilines is 1. The van der Waals surface area contributed by atoms with Crippen LogP contribution >= 0.6 is 0 Å². The Kier molecular flexibility index (Phi) is 5.62. The maximum atomic E-state index is 15.0. The largest absolute Gasteiger partial charge is 0.508 e. The van der Waals surface area contributed by atoms with Crippen LogP contribution in [-0.2, 0) is 0 Å². The zero-order chi connectivity index (χ0) is 27.9. The van der Waals surface area contributed by atoms with E-state index in [0.29, 0.717) is 47.4 Å². The van der Waals surface area contributed by atoms with Gasteiger partial charge < -0.3 is 25.0 Å². The van der Waals surface area contributed by atoms with E-state index in [4.69, 9.17) is 9.72 Å². The van der Waals surface area contributed by atoms with E-state index in [1.807, 2.05) is 0 Å². The van der Waals surface area contributed by atoms with Gasteiger partial charge >= 0.3 is 6.01 Å². The number of nitrogens with one attached hydrogen (secondary N) is 2. The number of benzene rings is 2. The van der Waals surface area contributed by atoms with E-state index in [2.05, 4.69) is 30.1 Å². The van der Waals surface area contributed by atoms with Gasteiger partial charge in [-0.2, -0.15) is 9.97 Å². The molecule has 2 aromatic carbocycles. The molecule has 6 heterocycles. The van der Waals surface area contributed by atoms with Gasteiger partial charge in [0.1, 0.15) is 29.9 Å². The molecule has 4 fully saturated rings. The topological polar surface area (TPSA) is 102 Å². The zero-order valence-corrected chi connectivity index (χ0v) is 22.3. The SMILES string of the molecule is Oc1cc(-c2nc3nc(OC[C@@]45CCCN4C[C@H](F)C5)nc(N4CC5CCC(C4)N5)c3[nH]2)c2c(F)c(F)ccc2c1. The summed E-state index contributed by atoms with van der Waals surface area (Å²) in [6.45, 7) is 3.05. The Morgan fingerprint density at radius 3 is 2.73 bits per heavy atom. The first kappa shape index (κ1) is 25.1. The number of hydrogen-bond acceptors (Lipinski definition) is 8. The standard InChI is InChI=1S/C29H30F3N7O2/c30-16-10-29(6-1-7-39(29)11-16)14-41-28-36-26-24(27(37-28)38-12-17-3-4-18(13-38)33-17)34-25(35-26)20-9-19(40)8-15-2-5-21(31)23(32)22(15)20/h2,5,8-9,16-18,33,40H,1,3-4,6-7,10-14H2,(H,34,35,36,37)/t16-,17?,18?,29+/m1/s1. The summed E-state index contributed by atoms with van der Waals surface area (Å²) in [6, 6.07) is 6.02. The highest BCUT2D eigenvalue weighted by Crippen LogP contribution is 2.41. The molecule has 0 radical (unpaired) electrons. The molecule has 0 spiro atoms. The third-order valence-corrected chi connectivity index (χ3v) is 9.31. The fourth-order valence-corrected chi connectivity index (χ4v) is 7.47. The van der Waals surface area contributed by atoms with Gasteiger partial charge in [0.05, 0.1) is 5.54 Å². The van der Waals surface area contributed by atoms with Crippen molar-refractivity contribution in [3.8, 4) is 23.1 Å². The lowest BCUT2D eigenvalue weighted by atomic mass is 9.95. The van der Waals surface area contributed by atoms with Gasteiger partial charge in [-0.3, -0.25) is 4.90 Å². The number of phenols is 1. The molecule has 2 unspecified atom stereocenters. The van der Waals surface area contributed by atoms with Crippen molar-refractivity contribution >= 4 is 27.8 Å². The molecule has 214 valence electrons. The van der Waals surface area contributed by atoms with Crippen LogP contribution < -0.4 is 15.0 Å². The van der Waals surface area contributed by atoms with E-state index in [-0.39, 0.29) is 40.7 Å². The fourth-order valence-electron chi connectivity index (χ4n) is 7.47. The Morgan fingerprint density at radius 2 is 1.90 bits per heavy atom. The number of aromatic amines is 1. The lowest BCUT2D eigenvalue weighted by Gasteiger charge is -2.34. The van der Waals surface area contributed by atoms with Gasteiger partial charge in [0.15, 0.2) is 23.1 Å². The van der Waals surface area contributed by atoms with E-state index in [0.717, 1.165) is 51.4 Å². The average molecular weight is 566 g/mol. The molecule has 0 aliphatic carbocycles. The van der Waals surface area contributed by atoms with Crippen LogP contribution in [0, 0.1) is 11.6 Å². The van der Waals surface area contributed by atoms with Crippen LogP contribution in [0.3, 0.4) is 0 Å². The number of rotatable bonds is 5. The van der Waals surface area contributed by atoms with Crippen molar-refractivity contribution in [3.05, 3.63) is 35.9 Å². The van der Waals surface area contributed by atoms with Gasteiger partial charge in [0.2, 0.25) is 0 Å². The van der Waals surface area contributed by atoms with Crippen molar-refractivity contribution in [2.75, 3.05) is 37.7 Å². The normalized spacial score (nSPS) is 27.8. The predicted octanol–water partition coefficient (Wildman–Crippen LogP) is 4.05. The molecule has 4 atom stereocenters. The minimum atomic E-state index is -1.02. The van der Waals surface area contributed by atoms with Crippen LogP contribution in [0.2, 0.25) is 0 Å². The molecule has 2 bridgehead atoms. The van der Waals surface area contributed by atoms with Gasteiger partial charge in [0.25, 0.3) is 0 Å². The summed E-state index contributed by atoms with van der Waals surface area (Å²) in [7, 11) is 0. The molecule has 3 N–H and O–H groups in total. The lowest BCUT2D eigenvalue weighted by Crippen LogP contribution is -2.51. The number of fused-ring (bicyclic) bond motifs is 5. The summed E-state index contributed by atoms with van der Waals surface area (Å²) in [6.07, 6.45) is 3.59. The number of aromatic nitrogens is 4. The number of aromatic hydroxyl groups is 1. The summed E-state index contributed by atoms with van der Waals surface area (Å²) in [4.78, 5) is 21.7. The van der Waals surface area contributed by atoms with Crippen LogP contribution in [-0.4, -0.2) is 86.5 Å². The van der Waals surface area contributed by atoms with Gasteiger partial charge in [-0.05, 0) is 55.8 Å². The van der Waals surface area contributed by atoms with Crippen molar-refractivity contribution in [2.24, 2.45) is 0 Å². The first-order chi connectivity index (χ1) is 19.8. The number of imidazole rings is 1. The number of phenolic OH excluding ortho intramolecular Hbond substituents is 1. The van der Waals surface area contributed by atoms with Crippen LogP contribution in [0.25, 0.3) is 33.3 Å². The Bertz CT molecular complexity index is 1670. The minimum Gasteiger partial charge on any atom is -0.508 e. The molecule has 0 amide bonds. The van der Waals surface area contributed by atoms with Crippen molar-refractivity contribution in [1.29, 1.82) is 0 Å². The first-order valence-corrected chi connectivity index (χ1v) is 14.3. The third-order valence-electron chi connectivity index (χ3n) is 9.31.